The van der Waals surface area contributed by atoms with Crippen LogP contribution in [0.4, 0.5) is 0 Å². The molecule has 0 saturated heterocycles. The van der Waals surface area contributed by atoms with Crippen molar-refractivity contribution < 1.29 is 4.21 Å². The lowest BCUT2D eigenvalue weighted by Crippen LogP contribution is -2.31. The van der Waals surface area contributed by atoms with Gasteiger partial charge in [0.15, 0.2) is 0 Å². The van der Waals surface area contributed by atoms with Crippen LogP contribution < -0.4 is 5.32 Å². The number of nitrogens with one attached hydrogen (secondary N) is 1. The molecule has 3 heteroatoms. The molecule has 20 heavy (non-hydrogen) atoms. The number of benzene rings is 1. The summed E-state index contributed by atoms with van der Waals surface area (Å²) in [5, 5.41) is 3.68. The van der Waals surface area contributed by atoms with Gasteiger partial charge in [-0.3, -0.25) is 4.21 Å². The van der Waals surface area contributed by atoms with Gasteiger partial charge in [0.1, 0.15) is 0 Å². The molecule has 0 aromatic heterocycles. The summed E-state index contributed by atoms with van der Waals surface area (Å²) in [4.78, 5) is 1.01. The maximum atomic E-state index is 12.6. The number of aryl methyl sites for hydroxylation is 2. The minimum absolute atomic E-state index is 0.203. The highest BCUT2D eigenvalue weighted by Crippen LogP contribution is 2.25. The Labute approximate surface area is 125 Å². The van der Waals surface area contributed by atoms with Crippen molar-refractivity contribution in [2.45, 2.75) is 69.1 Å². The van der Waals surface area contributed by atoms with Crippen LogP contribution in [0.3, 0.4) is 0 Å². The minimum Gasteiger partial charge on any atom is -0.314 e. The molecule has 0 saturated carbocycles. The van der Waals surface area contributed by atoms with Gasteiger partial charge in [0, 0.05) is 16.2 Å². The summed E-state index contributed by atoms with van der Waals surface area (Å²) in [5.41, 5.74) is 2.87. The normalized spacial score (nSPS) is 18.6. The van der Waals surface area contributed by atoms with E-state index < -0.39 is 10.8 Å². The molecule has 1 aromatic rings. The Morgan fingerprint density at radius 2 is 2.00 bits per heavy atom. The Morgan fingerprint density at radius 1 is 1.25 bits per heavy atom. The summed E-state index contributed by atoms with van der Waals surface area (Å²) in [5.74, 6) is 0. The zero-order chi connectivity index (χ0) is 14.5. The van der Waals surface area contributed by atoms with Crippen molar-refractivity contribution in [3.8, 4) is 0 Å². The van der Waals surface area contributed by atoms with Crippen LogP contribution in [0.5, 0.6) is 0 Å². The monoisotopic (exact) mass is 293 g/mol. The summed E-state index contributed by atoms with van der Waals surface area (Å²) in [6.07, 6.45) is 5.70. The van der Waals surface area contributed by atoms with Crippen LogP contribution in [-0.4, -0.2) is 22.0 Å². The fourth-order valence-electron chi connectivity index (χ4n) is 2.97. The lowest BCUT2D eigenvalue weighted by molar-refractivity contribution is 0.508. The van der Waals surface area contributed by atoms with Gasteiger partial charge in [0.05, 0.1) is 10.8 Å². The van der Waals surface area contributed by atoms with E-state index >= 15 is 0 Å². The standard InChI is InChI=1S/C17H27NOS/c1-4-10-18-13(2)11-14(3)20(19)17-9-8-15-6-5-7-16(15)12-17/h8-9,12-14,18H,4-7,10-11H2,1-3H3. The van der Waals surface area contributed by atoms with Gasteiger partial charge in [0.25, 0.3) is 0 Å². The molecule has 0 heterocycles. The Kier molecular flexibility index (Phi) is 5.79. The first kappa shape index (κ1) is 15.7. The molecule has 0 aliphatic heterocycles. The highest BCUT2D eigenvalue weighted by molar-refractivity contribution is 7.85. The predicted molar refractivity (Wildman–Crippen MR) is 86.7 cm³/mol. The highest BCUT2D eigenvalue weighted by Gasteiger charge is 2.18. The average Bonchev–Trinajstić information content (AvgIpc) is 2.91. The van der Waals surface area contributed by atoms with Crippen molar-refractivity contribution in [1.29, 1.82) is 0 Å². The Hall–Kier alpha value is -0.670. The molecule has 2 rings (SSSR count). The lowest BCUT2D eigenvalue weighted by Gasteiger charge is -2.18. The molecule has 3 unspecified atom stereocenters. The Balaban J connectivity index is 1.96. The zero-order valence-electron chi connectivity index (χ0n) is 12.9. The van der Waals surface area contributed by atoms with Gasteiger partial charge >= 0.3 is 0 Å². The summed E-state index contributed by atoms with van der Waals surface area (Å²) < 4.78 is 12.6. The second kappa shape index (κ2) is 7.37. The first-order valence-electron chi connectivity index (χ1n) is 7.87. The molecule has 1 aliphatic rings. The van der Waals surface area contributed by atoms with Crippen LogP contribution in [0.15, 0.2) is 23.1 Å². The topological polar surface area (TPSA) is 29.1 Å². The molecule has 2 nitrogen and oxygen atoms in total. The predicted octanol–water partition coefficient (Wildman–Crippen LogP) is 3.45. The van der Waals surface area contributed by atoms with E-state index in [1.54, 1.807) is 0 Å². The van der Waals surface area contributed by atoms with Crippen molar-refractivity contribution in [1.82, 2.24) is 5.32 Å². The van der Waals surface area contributed by atoms with Gasteiger partial charge in [-0.1, -0.05) is 19.9 Å². The molecule has 3 atom stereocenters. The van der Waals surface area contributed by atoms with Crippen molar-refractivity contribution in [2.24, 2.45) is 0 Å². The molecule has 0 spiro atoms. The van der Waals surface area contributed by atoms with Gasteiger partial charge in [-0.2, -0.15) is 0 Å². The molecule has 0 amide bonds. The molecular weight excluding hydrogens is 266 g/mol. The first-order valence-corrected chi connectivity index (χ1v) is 9.09. The smallest absolute Gasteiger partial charge is 0.0558 e. The summed E-state index contributed by atoms with van der Waals surface area (Å²) in [6, 6.07) is 6.87. The van der Waals surface area contributed by atoms with Crippen molar-refractivity contribution in [3.05, 3.63) is 29.3 Å². The van der Waals surface area contributed by atoms with E-state index in [-0.39, 0.29) is 5.25 Å². The van der Waals surface area contributed by atoms with Gasteiger partial charge in [-0.15, -0.1) is 0 Å². The Bertz CT molecular complexity index is 472. The van der Waals surface area contributed by atoms with Crippen LogP contribution in [-0.2, 0) is 23.6 Å². The largest absolute Gasteiger partial charge is 0.314 e. The van der Waals surface area contributed by atoms with Crippen molar-refractivity contribution >= 4 is 10.8 Å². The number of hydrogen-bond acceptors (Lipinski definition) is 2. The van der Waals surface area contributed by atoms with Crippen LogP contribution in [0.25, 0.3) is 0 Å². The maximum Gasteiger partial charge on any atom is 0.0558 e. The molecule has 1 aliphatic carbocycles. The zero-order valence-corrected chi connectivity index (χ0v) is 13.8. The van der Waals surface area contributed by atoms with E-state index in [1.165, 1.54) is 24.0 Å². The third-order valence-corrected chi connectivity index (χ3v) is 5.74. The molecule has 1 N–H and O–H groups in total. The van der Waals surface area contributed by atoms with E-state index in [0.717, 1.165) is 30.7 Å². The van der Waals surface area contributed by atoms with E-state index in [4.69, 9.17) is 0 Å². The number of rotatable bonds is 7. The minimum atomic E-state index is -0.887. The molecule has 112 valence electrons. The van der Waals surface area contributed by atoms with E-state index in [0.29, 0.717) is 6.04 Å². The summed E-state index contributed by atoms with van der Waals surface area (Å²) >= 11 is 0. The lowest BCUT2D eigenvalue weighted by atomic mass is 10.1. The second-order valence-electron chi connectivity index (χ2n) is 5.98. The molecule has 0 fully saturated rings. The second-order valence-corrected chi connectivity index (χ2v) is 7.85. The van der Waals surface area contributed by atoms with Crippen LogP contribution >= 0.6 is 0 Å². The van der Waals surface area contributed by atoms with Gasteiger partial charge in [-0.25, -0.2) is 0 Å². The molecule has 0 bridgehead atoms. The van der Waals surface area contributed by atoms with E-state index in [9.17, 15) is 4.21 Å². The van der Waals surface area contributed by atoms with Crippen molar-refractivity contribution in [3.63, 3.8) is 0 Å². The van der Waals surface area contributed by atoms with E-state index in [2.05, 4.69) is 44.3 Å². The SMILES string of the molecule is CCCNC(C)CC(C)S(=O)c1ccc2c(c1)CCC2. The van der Waals surface area contributed by atoms with Gasteiger partial charge in [-0.05, 0) is 68.8 Å². The third kappa shape index (κ3) is 3.92. The maximum absolute atomic E-state index is 12.6. The summed E-state index contributed by atoms with van der Waals surface area (Å²) in [7, 11) is -0.887. The fourth-order valence-corrected chi connectivity index (χ4v) is 4.35. The molecule has 0 radical (unpaired) electrons. The van der Waals surface area contributed by atoms with Crippen molar-refractivity contribution in [2.75, 3.05) is 6.54 Å². The van der Waals surface area contributed by atoms with Gasteiger partial charge < -0.3 is 5.32 Å². The fraction of sp³-hybridized carbons (Fsp3) is 0.647. The average molecular weight is 293 g/mol. The highest BCUT2D eigenvalue weighted by atomic mass is 32.2. The third-order valence-electron chi connectivity index (χ3n) is 4.10. The van der Waals surface area contributed by atoms with E-state index in [1.807, 2.05) is 0 Å². The first-order chi connectivity index (χ1) is 9.61. The number of hydrogen-bond donors (Lipinski definition) is 1. The summed E-state index contributed by atoms with van der Waals surface area (Å²) in [6.45, 7) is 7.50. The van der Waals surface area contributed by atoms with Crippen LogP contribution in [0, 0.1) is 0 Å². The quantitative estimate of drug-likeness (QED) is 0.834. The molecule has 1 aromatic carbocycles. The number of fused-ring (bicyclic) bond motifs is 1. The Morgan fingerprint density at radius 3 is 2.75 bits per heavy atom. The van der Waals surface area contributed by atoms with Crippen LogP contribution in [0.2, 0.25) is 0 Å². The molecular formula is C17H27NOS. The van der Waals surface area contributed by atoms with Crippen LogP contribution in [0.1, 0.15) is 51.2 Å². The van der Waals surface area contributed by atoms with Gasteiger partial charge in [0.2, 0.25) is 0 Å².